The van der Waals surface area contributed by atoms with Gasteiger partial charge in [0.2, 0.25) is 0 Å². The van der Waals surface area contributed by atoms with Crippen molar-refractivity contribution in [1.29, 1.82) is 5.26 Å². The van der Waals surface area contributed by atoms with Gasteiger partial charge in [-0.05, 0) is 84.1 Å². The van der Waals surface area contributed by atoms with Gasteiger partial charge in [-0.15, -0.1) is 0 Å². The van der Waals surface area contributed by atoms with E-state index in [9.17, 15) is 4.79 Å². The topological polar surface area (TPSA) is 110 Å². The molecule has 2 aromatic carbocycles. The summed E-state index contributed by atoms with van der Waals surface area (Å²) in [4.78, 5) is 17.3. The van der Waals surface area contributed by atoms with Gasteiger partial charge >= 0.3 is 0 Å². The van der Waals surface area contributed by atoms with Crippen LogP contribution in [0.15, 0.2) is 65.4 Å². The van der Waals surface area contributed by atoms with Crippen molar-refractivity contribution in [2.45, 2.75) is 44.4 Å². The normalized spacial score (nSPS) is 17.4. The lowest BCUT2D eigenvalue weighted by Crippen LogP contribution is -2.40. The second-order valence-electron chi connectivity index (χ2n) is 8.29. The van der Waals surface area contributed by atoms with Gasteiger partial charge in [-0.25, -0.2) is 4.98 Å². The number of nitriles is 1. The number of halogens is 1. The second kappa shape index (κ2) is 11.1. The van der Waals surface area contributed by atoms with Crippen LogP contribution in [-0.2, 0) is 6.61 Å². The average molecular weight is 521 g/mol. The molecule has 1 fully saturated rings. The maximum atomic E-state index is 13.0. The number of aromatic nitrogens is 1. The maximum absolute atomic E-state index is 13.0. The molecule has 0 bridgehead atoms. The molecule has 3 aromatic rings. The van der Waals surface area contributed by atoms with Gasteiger partial charge in [-0.3, -0.25) is 4.79 Å². The molecule has 174 valence electrons. The Balaban J connectivity index is 1.53. The number of hydrogen-bond acceptors (Lipinski definition) is 6. The van der Waals surface area contributed by atoms with Gasteiger partial charge in [0.15, 0.2) is 0 Å². The first-order valence-electron chi connectivity index (χ1n) is 11.1. The van der Waals surface area contributed by atoms with Crippen LogP contribution in [0.3, 0.4) is 0 Å². The standard InChI is InChI=1S/C26H25BrN4O3/c27-25-10-3-18(15-30-25)16-33-23-11-19(26(32)31-21-6-4-20(29)5-7-21)12-24(13-23)34-22-8-1-17(14-28)2-9-22/h1-3,8-13,15,20-21H,4-7,16,29H2,(H,31,32). The summed E-state index contributed by atoms with van der Waals surface area (Å²) < 4.78 is 12.7. The summed E-state index contributed by atoms with van der Waals surface area (Å²) in [5.74, 6) is 1.35. The predicted molar refractivity (Wildman–Crippen MR) is 132 cm³/mol. The summed E-state index contributed by atoms with van der Waals surface area (Å²) in [6.07, 6.45) is 5.27. The number of nitrogens with zero attached hydrogens (tertiary/aromatic N) is 2. The van der Waals surface area contributed by atoms with E-state index < -0.39 is 0 Å². The summed E-state index contributed by atoms with van der Waals surface area (Å²) in [6, 6.07) is 18.1. The number of nitrogens with two attached hydrogens (primary N) is 1. The van der Waals surface area contributed by atoms with Crippen molar-refractivity contribution < 1.29 is 14.3 Å². The van der Waals surface area contributed by atoms with Crippen LogP contribution in [-0.4, -0.2) is 23.0 Å². The fourth-order valence-electron chi connectivity index (χ4n) is 3.77. The minimum absolute atomic E-state index is 0.105. The van der Waals surface area contributed by atoms with Gasteiger partial charge in [0, 0.05) is 35.5 Å². The fraction of sp³-hybridized carbons (Fsp3) is 0.269. The molecule has 0 unspecified atom stereocenters. The van der Waals surface area contributed by atoms with E-state index >= 15 is 0 Å². The van der Waals surface area contributed by atoms with E-state index in [0.29, 0.717) is 35.0 Å². The third-order valence-corrected chi connectivity index (χ3v) is 6.13. The SMILES string of the molecule is N#Cc1ccc(Oc2cc(OCc3ccc(Br)nc3)cc(C(=O)NC3CCC(N)CC3)c2)cc1. The Bertz CT molecular complexity index is 1170. The lowest BCUT2D eigenvalue weighted by molar-refractivity contribution is 0.0925. The van der Waals surface area contributed by atoms with Crippen LogP contribution in [0.5, 0.6) is 17.2 Å². The van der Waals surface area contributed by atoms with E-state index in [1.807, 2.05) is 12.1 Å². The van der Waals surface area contributed by atoms with Crippen molar-refractivity contribution in [3.63, 3.8) is 0 Å². The summed E-state index contributed by atoms with van der Waals surface area (Å²) in [6.45, 7) is 0.294. The number of hydrogen-bond donors (Lipinski definition) is 2. The van der Waals surface area contributed by atoms with E-state index in [1.54, 1.807) is 48.7 Å². The Labute approximate surface area is 207 Å². The Hall–Kier alpha value is -3.41. The molecule has 7 nitrogen and oxygen atoms in total. The van der Waals surface area contributed by atoms with Gasteiger partial charge < -0.3 is 20.5 Å². The number of ether oxygens (including phenoxy) is 2. The predicted octanol–water partition coefficient (Wildman–Crippen LogP) is 5.09. The highest BCUT2D eigenvalue weighted by atomic mass is 79.9. The number of amides is 1. The monoisotopic (exact) mass is 520 g/mol. The molecule has 1 heterocycles. The fourth-order valence-corrected chi connectivity index (χ4v) is 4.00. The van der Waals surface area contributed by atoms with Gasteiger partial charge in [0.25, 0.3) is 5.91 Å². The van der Waals surface area contributed by atoms with Gasteiger partial charge in [-0.2, -0.15) is 5.26 Å². The Kier molecular flexibility index (Phi) is 7.78. The van der Waals surface area contributed by atoms with E-state index in [-0.39, 0.29) is 18.0 Å². The zero-order valence-corrected chi connectivity index (χ0v) is 20.1. The van der Waals surface area contributed by atoms with E-state index in [1.165, 1.54) is 0 Å². The molecule has 1 aromatic heterocycles. The van der Waals surface area contributed by atoms with Crippen molar-refractivity contribution in [3.8, 4) is 23.3 Å². The summed E-state index contributed by atoms with van der Waals surface area (Å²) >= 11 is 3.32. The van der Waals surface area contributed by atoms with Gasteiger partial charge in [0.1, 0.15) is 28.5 Å². The molecule has 0 aliphatic heterocycles. The molecule has 0 saturated heterocycles. The molecule has 1 saturated carbocycles. The Morgan fingerprint density at radius 1 is 1.06 bits per heavy atom. The van der Waals surface area contributed by atoms with E-state index in [4.69, 9.17) is 20.5 Å². The molecule has 0 atom stereocenters. The number of carbonyl (C=O) groups excluding carboxylic acids is 1. The smallest absolute Gasteiger partial charge is 0.251 e. The minimum Gasteiger partial charge on any atom is -0.489 e. The molecular formula is C26H25BrN4O3. The van der Waals surface area contributed by atoms with Crippen molar-refractivity contribution in [1.82, 2.24) is 10.3 Å². The van der Waals surface area contributed by atoms with Gasteiger partial charge in [-0.1, -0.05) is 6.07 Å². The quantitative estimate of drug-likeness (QED) is 0.420. The molecule has 1 aliphatic rings. The van der Waals surface area contributed by atoms with Gasteiger partial charge in [0.05, 0.1) is 11.6 Å². The molecule has 0 radical (unpaired) electrons. The third-order valence-electron chi connectivity index (χ3n) is 5.66. The number of carbonyl (C=O) groups is 1. The van der Waals surface area contributed by atoms with Crippen molar-refractivity contribution >= 4 is 21.8 Å². The zero-order valence-electron chi connectivity index (χ0n) is 18.5. The van der Waals surface area contributed by atoms with E-state index in [0.717, 1.165) is 35.8 Å². The molecule has 1 amide bonds. The minimum atomic E-state index is -0.180. The average Bonchev–Trinajstić information content (AvgIpc) is 2.85. The lowest BCUT2D eigenvalue weighted by Gasteiger charge is -2.26. The summed E-state index contributed by atoms with van der Waals surface area (Å²) in [5, 5.41) is 12.1. The highest BCUT2D eigenvalue weighted by Gasteiger charge is 2.21. The van der Waals surface area contributed by atoms with Crippen molar-refractivity contribution in [2.24, 2.45) is 5.73 Å². The first-order chi connectivity index (χ1) is 16.5. The number of benzene rings is 2. The largest absolute Gasteiger partial charge is 0.489 e. The van der Waals surface area contributed by atoms with Crippen LogP contribution in [0.4, 0.5) is 0 Å². The molecule has 3 N–H and O–H groups in total. The molecular weight excluding hydrogens is 496 g/mol. The van der Waals surface area contributed by atoms with Crippen LogP contribution in [0.25, 0.3) is 0 Å². The second-order valence-corrected chi connectivity index (χ2v) is 9.11. The van der Waals surface area contributed by atoms with Crippen LogP contribution in [0, 0.1) is 11.3 Å². The molecule has 34 heavy (non-hydrogen) atoms. The highest BCUT2D eigenvalue weighted by molar-refractivity contribution is 9.10. The first kappa shape index (κ1) is 23.7. The highest BCUT2D eigenvalue weighted by Crippen LogP contribution is 2.29. The Morgan fingerprint density at radius 3 is 2.47 bits per heavy atom. The van der Waals surface area contributed by atoms with Crippen molar-refractivity contribution in [2.75, 3.05) is 0 Å². The summed E-state index contributed by atoms with van der Waals surface area (Å²) in [5.41, 5.74) is 7.87. The van der Waals surface area contributed by atoms with Crippen LogP contribution < -0.4 is 20.5 Å². The molecule has 1 aliphatic carbocycles. The summed E-state index contributed by atoms with van der Waals surface area (Å²) in [7, 11) is 0. The van der Waals surface area contributed by atoms with Crippen LogP contribution in [0.1, 0.15) is 47.2 Å². The molecule has 8 heteroatoms. The maximum Gasteiger partial charge on any atom is 0.251 e. The van der Waals surface area contributed by atoms with Crippen LogP contribution >= 0.6 is 15.9 Å². The molecule has 0 spiro atoms. The van der Waals surface area contributed by atoms with Crippen molar-refractivity contribution in [3.05, 3.63) is 82.1 Å². The number of nitrogens with one attached hydrogen (secondary N) is 1. The lowest BCUT2D eigenvalue weighted by atomic mass is 9.91. The molecule has 4 rings (SSSR count). The van der Waals surface area contributed by atoms with E-state index in [2.05, 4.69) is 32.3 Å². The number of rotatable bonds is 7. The number of pyridine rings is 1. The Morgan fingerprint density at radius 2 is 1.79 bits per heavy atom. The third kappa shape index (κ3) is 6.56. The first-order valence-corrected chi connectivity index (χ1v) is 11.9. The van der Waals surface area contributed by atoms with Crippen LogP contribution in [0.2, 0.25) is 0 Å². The zero-order chi connectivity index (χ0) is 23.9.